The summed E-state index contributed by atoms with van der Waals surface area (Å²) in [4.78, 5) is 31.3. The van der Waals surface area contributed by atoms with Gasteiger partial charge in [-0.15, -0.1) is 0 Å². The van der Waals surface area contributed by atoms with E-state index in [2.05, 4.69) is 29.0 Å². The highest BCUT2D eigenvalue weighted by atomic mass is 16.2. The van der Waals surface area contributed by atoms with E-state index in [0.29, 0.717) is 18.4 Å². The number of hydrogen-bond acceptors (Lipinski definition) is 5. The van der Waals surface area contributed by atoms with Crippen LogP contribution in [0.3, 0.4) is 0 Å². The molecule has 0 aromatic heterocycles. The second-order valence-electron chi connectivity index (χ2n) is 9.01. The molecule has 0 aromatic carbocycles. The average Bonchev–Trinajstić information content (AvgIpc) is 2.62. The van der Waals surface area contributed by atoms with Crippen molar-refractivity contribution in [3.8, 4) is 0 Å². The SMILES string of the molecule is CC(C)N[C@@H](C)C(=O)N1CCN(CC2CCN(CC(=O)C(C)C)CC2)CC1. The van der Waals surface area contributed by atoms with Gasteiger partial charge in [-0.05, 0) is 38.8 Å². The molecule has 0 radical (unpaired) electrons. The minimum atomic E-state index is -0.102. The first-order chi connectivity index (χ1) is 12.8. The molecule has 0 aromatic rings. The van der Waals surface area contributed by atoms with Gasteiger partial charge in [-0.3, -0.25) is 19.4 Å². The highest BCUT2D eigenvalue weighted by molar-refractivity contribution is 5.82. The van der Waals surface area contributed by atoms with E-state index < -0.39 is 0 Å². The predicted octanol–water partition coefficient (Wildman–Crippen LogP) is 1.45. The molecular formula is C21H40N4O2. The molecule has 1 N–H and O–H groups in total. The second kappa shape index (κ2) is 10.5. The second-order valence-corrected chi connectivity index (χ2v) is 9.01. The fourth-order valence-corrected chi connectivity index (χ4v) is 4.09. The number of likely N-dealkylation sites (tertiary alicyclic amines) is 1. The van der Waals surface area contributed by atoms with Crippen LogP contribution < -0.4 is 5.32 Å². The minimum Gasteiger partial charge on any atom is -0.339 e. The number of nitrogens with one attached hydrogen (secondary N) is 1. The number of amides is 1. The Bertz CT molecular complexity index is 479. The van der Waals surface area contributed by atoms with Crippen LogP contribution in [0.5, 0.6) is 0 Å². The van der Waals surface area contributed by atoms with E-state index in [1.165, 1.54) is 12.8 Å². The van der Waals surface area contributed by atoms with Crippen LogP contribution in [-0.2, 0) is 9.59 Å². The van der Waals surface area contributed by atoms with E-state index in [-0.39, 0.29) is 17.9 Å². The molecule has 0 bridgehead atoms. The van der Waals surface area contributed by atoms with E-state index in [1.54, 1.807) is 0 Å². The van der Waals surface area contributed by atoms with Crippen LogP contribution in [-0.4, -0.2) is 90.8 Å². The van der Waals surface area contributed by atoms with Crippen molar-refractivity contribution in [3.05, 3.63) is 0 Å². The van der Waals surface area contributed by atoms with E-state index >= 15 is 0 Å². The van der Waals surface area contributed by atoms with Gasteiger partial charge in [-0.2, -0.15) is 0 Å². The molecule has 0 aliphatic carbocycles. The molecule has 1 amide bonds. The molecule has 2 aliphatic rings. The average molecular weight is 381 g/mol. The molecule has 2 aliphatic heterocycles. The fraction of sp³-hybridized carbons (Fsp3) is 0.905. The third kappa shape index (κ3) is 7.16. The maximum absolute atomic E-state index is 12.5. The lowest BCUT2D eigenvalue weighted by molar-refractivity contribution is -0.135. The minimum absolute atomic E-state index is 0.102. The van der Waals surface area contributed by atoms with Crippen molar-refractivity contribution in [1.29, 1.82) is 0 Å². The van der Waals surface area contributed by atoms with Crippen LogP contribution in [0.25, 0.3) is 0 Å². The van der Waals surface area contributed by atoms with Crippen LogP contribution in [0.4, 0.5) is 0 Å². The number of nitrogens with zero attached hydrogens (tertiary/aromatic N) is 3. The van der Waals surface area contributed by atoms with Crippen LogP contribution in [0.2, 0.25) is 0 Å². The van der Waals surface area contributed by atoms with E-state index in [1.807, 2.05) is 25.7 Å². The number of Topliss-reactive ketones (excluding diaryl/α,β-unsaturated/α-hetero) is 1. The van der Waals surface area contributed by atoms with E-state index in [4.69, 9.17) is 0 Å². The summed E-state index contributed by atoms with van der Waals surface area (Å²) >= 11 is 0. The van der Waals surface area contributed by atoms with Crippen LogP contribution in [0.1, 0.15) is 47.5 Å². The van der Waals surface area contributed by atoms with Gasteiger partial charge >= 0.3 is 0 Å². The van der Waals surface area contributed by atoms with Crippen molar-refractivity contribution in [1.82, 2.24) is 20.0 Å². The lowest BCUT2D eigenvalue weighted by Gasteiger charge is -2.39. The van der Waals surface area contributed by atoms with Gasteiger partial charge in [0.25, 0.3) is 0 Å². The molecule has 1 atom stereocenters. The summed E-state index contributed by atoms with van der Waals surface area (Å²) in [6.45, 7) is 17.6. The number of rotatable bonds is 8. The molecule has 2 fully saturated rings. The predicted molar refractivity (Wildman–Crippen MR) is 110 cm³/mol. The van der Waals surface area contributed by atoms with Gasteiger partial charge in [0.15, 0.2) is 0 Å². The van der Waals surface area contributed by atoms with Gasteiger partial charge in [-0.25, -0.2) is 0 Å². The first-order valence-electron chi connectivity index (χ1n) is 10.8. The topological polar surface area (TPSA) is 55.9 Å². The molecule has 0 unspecified atom stereocenters. The number of ketones is 1. The summed E-state index contributed by atoms with van der Waals surface area (Å²) < 4.78 is 0. The highest BCUT2D eigenvalue weighted by Crippen LogP contribution is 2.19. The maximum Gasteiger partial charge on any atom is 0.239 e. The zero-order chi connectivity index (χ0) is 20.0. The Balaban J connectivity index is 1.66. The van der Waals surface area contributed by atoms with Crippen LogP contribution >= 0.6 is 0 Å². The van der Waals surface area contributed by atoms with Crippen molar-refractivity contribution in [2.24, 2.45) is 11.8 Å². The van der Waals surface area contributed by atoms with Gasteiger partial charge in [0, 0.05) is 44.7 Å². The zero-order valence-electron chi connectivity index (χ0n) is 18.0. The van der Waals surface area contributed by atoms with Gasteiger partial charge < -0.3 is 10.2 Å². The molecular weight excluding hydrogens is 340 g/mol. The van der Waals surface area contributed by atoms with Gasteiger partial charge in [0.1, 0.15) is 5.78 Å². The van der Waals surface area contributed by atoms with Gasteiger partial charge in [0.2, 0.25) is 5.91 Å². The summed E-state index contributed by atoms with van der Waals surface area (Å²) in [7, 11) is 0. The lowest BCUT2D eigenvalue weighted by Crippen LogP contribution is -2.55. The number of carbonyl (C=O) groups excluding carboxylic acids is 2. The van der Waals surface area contributed by atoms with Crippen molar-refractivity contribution in [2.75, 3.05) is 52.4 Å². The van der Waals surface area contributed by atoms with Crippen LogP contribution in [0.15, 0.2) is 0 Å². The van der Waals surface area contributed by atoms with Gasteiger partial charge in [0.05, 0.1) is 12.6 Å². The standard InChI is InChI=1S/C21H40N4O2/c1-16(2)20(26)15-23-8-6-19(7-9-23)14-24-10-12-25(13-11-24)21(27)18(5)22-17(3)4/h16-19,22H,6-15H2,1-5H3/t18-/m0/s1. The first kappa shape index (κ1) is 22.3. The Morgan fingerprint density at radius 3 is 2.00 bits per heavy atom. The van der Waals surface area contributed by atoms with Gasteiger partial charge in [-0.1, -0.05) is 27.7 Å². The molecule has 6 nitrogen and oxygen atoms in total. The summed E-state index contributed by atoms with van der Waals surface area (Å²) in [5, 5.41) is 3.31. The van der Waals surface area contributed by atoms with Crippen molar-refractivity contribution >= 4 is 11.7 Å². The Morgan fingerprint density at radius 2 is 1.48 bits per heavy atom. The molecule has 156 valence electrons. The zero-order valence-corrected chi connectivity index (χ0v) is 18.0. The normalized spacial score (nSPS) is 21.8. The smallest absolute Gasteiger partial charge is 0.239 e. The third-order valence-electron chi connectivity index (χ3n) is 5.88. The molecule has 2 rings (SSSR count). The summed E-state index contributed by atoms with van der Waals surface area (Å²) in [6, 6.07) is 0.223. The largest absolute Gasteiger partial charge is 0.339 e. The van der Waals surface area contributed by atoms with Crippen molar-refractivity contribution in [2.45, 2.75) is 59.5 Å². The van der Waals surface area contributed by atoms with E-state index in [9.17, 15) is 9.59 Å². The number of piperazine rings is 1. The Morgan fingerprint density at radius 1 is 0.889 bits per heavy atom. The molecule has 0 saturated carbocycles. The first-order valence-corrected chi connectivity index (χ1v) is 10.8. The number of carbonyl (C=O) groups is 2. The molecule has 27 heavy (non-hydrogen) atoms. The Labute approximate surface area is 165 Å². The number of piperidine rings is 1. The monoisotopic (exact) mass is 380 g/mol. The third-order valence-corrected chi connectivity index (χ3v) is 5.88. The fourth-order valence-electron chi connectivity index (χ4n) is 4.09. The maximum atomic E-state index is 12.5. The molecule has 2 saturated heterocycles. The lowest BCUT2D eigenvalue weighted by atomic mass is 9.95. The van der Waals surface area contributed by atoms with E-state index in [0.717, 1.165) is 51.7 Å². The van der Waals surface area contributed by atoms with Crippen molar-refractivity contribution < 1.29 is 9.59 Å². The quantitative estimate of drug-likeness (QED) is 0.691. The summed E-state index contributed by atoms with van der Waals surface area (Å²) in [5.41, 5.74) is 0. The molecule has 0 spiro atoms. The number of hydrogen-bond donors (Lipinski definition) is 1. The molecule has 6 heteroatoms. The summed E-state index contributed by atoms with van der Waals surface area (Å²) in [6.07, 6.45) is 2.36. The van der Waals surface area contributed by atoms with Crippen LogP contribution in [0, 0.1) is 11.8 Å². The molecule has 2 heterocycles. The Kier molecular flexibility index (Phi) is 8.70. The highest BCUT2D eigenvalue weighted by Gasteiger charge is 2.28. The Hall–Kier alpha value is -0.980. The summed E-state index contributed by atoms with van der Waals surface area (Å²) in [5.74, 6) is 1.45. The van der Waals surface area contributed by atoms with Crippen molar-refractivity contribution in [3.63, 3.8) is 0 Å².